The van der Waals surface area contributed by atoms with Crippen molar-refractivity contribution in [3.05, 3.63) is 0 Å². The first kappa shape index (κ1) is 11.5. The fourth-order valence-electron chi connectivity index (χ4n) is 1.75. The smallest absolute Gasteiger partial charge is 0.236 e. The van der Waals surface area contributed by atoms with Gasteiger partial charge in [0.05, 0.1) is 6.54 Å². The molecule has 0 radical (unpaired) electrons. The van der Waals surface area contributed by atoms with Crippen molar-refractivity contribution in [3.63, 3.8) is 0 Å². The summed E-state index contributed by atoms with van der Waals surface area (Å²) in [6.45, 7) is 5.59. The number of amides is 1. The molecule has 1 amide bonds. The first-order valence-electron chi connectivity index (χ1n) is 5.83. The number of hydrogen-bond acceptors (Lipinski definition) is 2. The molecule has 0 bridgehead atoms. The Bertz CT molecular complexity index is 165. The number of piperidine rings is 1. The zero-order valence-electron chi connectivity index (χ0n) is 9.22. The molecule has 1 aliphatic heterocycles. The molecule has 0 spiro atoms. The van der Waals surface area contributed by atoms with Crippen molar-refractivity contribution < 1.29 is 4.79 Å². The van der Waals surface area contributed by atoms with E-state index in [4.69, 9.17) is 0 Å². The van der Waals surface area contributed by atoms with E-state index in [1.807, 2.05) is 4.90 Å². The Balaban J connectivity index is 2.07. The molecule has 0 saturated carbocycles. The van der Waals surface area contributed by atoms with Gasteiger partial charge in [-0.05, 0) is 32.2 Å². The van der Waals surface area contributed by atoms with Crippen molar-refractivity contribution in [3.8, 4) is 0 Å². The third-order valence-electron chi connectivity index (χ3n) is 2.69. The normalized spacial score (nSPS) is 17.1. The topological polar surface area (TPSA) is 32.3 Å². The summed E-state index contributed by atoms with van der Waals surface area (Å²) >= 11 is 0. The Labute approximate surface area is 86.9 Å². The van der Waals surface area contributed by atoms with Gasteiger partial charge in [0.2, 0.25) is 5.91 Å². The first-order valence-corrected chi connectivity index (χ1v) is 5.83. The summed E-state index contributed by atoms with van der Waals surface area (Å²) in [5, 5.41) is 3.19. The van der Waals surface area contributed by atoms with Crippen molar-refractivity contribution in [2.75, 3.05) is 26.2 Å². The highest BCUT2D eigenvalue weighted by Crippen LogP contribution is 2.07. The number of carbonyl (C=O) groups excluding carboxylic acids is 1. The number of hydrogen-bond donors (Lipinski definition) is 1. The van der Waals surface area contributed by atoms with E-state index in [2.05, 4.69) is 12.2 Å². The highest BCUT2D eigenvalue weighted by atomic mass is 16.2. The molecule has 1 heterocycles. The summed E-state index contributed by atoms with van der Waals surface area (Å²) in [5.74, 6) is 0.279. The van der Waals surface area contributed by atoms with Gasteiger partial charge in [-0.2, -0.15) is 0 Å². The van der Waals surface area contributed by atoms with E-state index >= 15 is 0 Å². The second kappa shape index (κ2) is 6.82. The summed E-state index contributed by atoms with van der Waals surface area (Å²) in [6.07, 6.45) is 5.99. The molecular weight excluding hydrogens is 176 g/mol. The van der Waals surface area contributed by atoms with Gasteiger partial charge in [-0.3, -0.25) is 4.79 Å². The van der Waals surface area contributed by atoms with Crippen LogP contribution in [0.15, 0.2) is 0 Å². The van der Waals surface area contributed by atoms with E-state index in [9.17, 15) is 4.79 Å². The molecule has 0 aliphatic carbocycles. The van der Waals surface area contributed by atoms with Crippen molar-refractivity contribution in [2.45, 2.75) is 39.0 Å². The van der Waals surface area contributed by atoms with Crippen LogP contribution in [0.5, 0.6) is 0 Å². The minimum absolute atomic E-state index is 0.279. The van der Waals surface area contributed by atoms with Crippen LogP contribution in [-0.4, -0.2) is 37.0 Å². The van der Waals surface area contributed by atoms with E-state index in [0.717, 1.165) is 26.1 Å². The molecule has 0 aromatic heterocycles. The molecule has 0 atom stereocenters. The van der Waals surface area contributed by atoms with Gasteiger partial charge in [-0.25, -0.2) is 0 Å². The van der Waals surface area contributed by atoms with E-state index in [1.54, 1.807) is 0 Å². The molecule has 1 fully saturated rings. The minimum Gasteiger partial charge on any atom is -0.342 e. The van der Waals surface area contributed by atoms with Crippen LogP contribution < -0.4 is 5.32 Å². The van der Waals surface area contributed by atoms with E-state index < -0.39 is 0 Å². The second-order valence-electron chi connectivity index (χ2n) is 3.97. The van der Waals surface area contributed by atoms with Gasteiger partial charge in [0.25, 0.3) is 0 Å². The molecule has 82 valence electrons. The maximum atomic E-state index is 11.6. The highest BCUT2D eigenvalue weighted by Gasteiger charge is 2.15. The van der Waals surface area contributed by atoms with Crippen molar-refractivity contribution in [1.82, 2.24) is 10.2 Å². The largest absolute Gasteiger partial charge is 0.342 e. The van der Waals surface area contributed by atoms with Gasteiger partial charge in [0.1, 0.15) is 0 Å². The molecule has 1 rings (SSSR count). The lowest BCUT2D eigenvalue weighted by Gasteiger charge is -2.26. The molecule has 0 aromatic rings. The Morgan fingerprint density at radius 1 is 1.29 bits per heavy atom. The summed E-state index contributed by atoms with van der Waals surface area (Å²) in [7, 11) is 0. The molecule has 1 aliphatic rings. The van der Waals surface area contributed by atoms with Gasteiger partial charge in [0.15, 0.2) is 0 Å². The average molecular weight is 198 g/mol. The minimum atomic E-state index is 0.279. The fourth-order valence-corrected chi connectivity index (χ4v) is 1.75. The second-order valence-corrected chi connectivity index (χ2v) is 3.97. The predicted molar refractivity (Wildman–Crippen MR) is 58.2 cm³/mol. The number of rotatable bonds is 5. The van der Waals surface area contributed by atoms with Crippen LogP contribution in [0.25, 0.3) is 0 Å². The van der Waals surface area contributed by atoms with Crippen LogP contribution in [0, 0.1) is 0 Å². The van der Waals surface area contributed by atoms with Crippen LogP contribution in [0.3, 0.4) is 0 Å². The van der Waals surface area contributed by atoms with Crippen LogP contribution in [0.2, 0.25) is 0 Å². The Morgan fingerprint density at radius 3 is 2.64 bits per heavy atom. The molecule has 1 N–H and O–H groups in total. The van der Waals surface area contributed by atoms with E-state index in [-0.39, 0.29) is 5.91 Å². The Hall–Kier alpha value is -0.570. The third-order valence-corrected chi connectivity index (χ3v) is 2.69. The number of nitrogens with one attached hydrogen (secondary N) is 1. The van der Waals surface area contributed by atoms with Gasteiger partial charge < -0.3 is 10.2 Å². The predicted octanol–water partition coefficient (Wildman–Crippen LogP) is 1.39. The molecule has 0 aromatic carbocycles. The molecule has 3 nitrogen and oxygen atoms in total. The zero-order chi connectivity index (χ0) is 10.2. The van der Waals surface area contributed by atoms with E-state index in [0.29, 0.717) is 6.54 Å². The van der Waals surface area contributed by atoms with E-state index in [1.165, 1.54) is 25.7 Å². The Kier molecular flexibility index (Phi) is 5.60. The first-order chi connectivity index (χ1) is 6.84. The summed E-state index contributed by atoms with van der Waals surface area (Å²) in [5.41, 5.74) is 0. The monoisotopic (exact) mass is 198 g/mol. The lowest BCUT2D eigenvalue weighted by atomic mass is 10.1. The zero-order valence-corrected chi connectivity index (χ0v) is 9.22. The standard InChI is InChI=1S/C11H22N2O/c1-2-3-7-12-10-11(14)13-8-5-4-6-9-13/h12H,2-10H2,1H3. The number of carbonyl (C=O) groups is 1. The maximum absolute atomic E-state index is 11.6. The summed E-state index contributed by atoms with van der Waals surface area (Å²) in [4.78, 5) is 13.6. The van der Waals surface area contributed by atoms with Gasteiger partial charge in [-0.15, -0.1) is 0 Å². The van der Waals surface area contributed by atoms with Crippen LogP contribution in [0.4, 0.5) is 0 Å². The highest BCUT2D eigenvalue weighted by molar-refractivity contribution is 5.78. The summed E-state index contributed by atoms with van der Waals surface area (Å²) in [6, 6.07) is 0. The maximum Gasteiger partial charge on any atom is 0.236 e. The average Bonchev–Trinajstić information content (AvgIpc) is 2.25. The summed E-state index contributed by atoms with van der Waals surface area (Å²) < 4.78 is 0. The van der Waals surface area contributed by atoms with Crippen LogP contribution >= 0.6 is 0 Å². The molecule has 3 heteroatoms. The van der Waals surface area contributed by atoms with Gasteiger partial charge >= 0.3 is 0 Å². The van der Waals surface area contributed by atoms with Gasteiger partial charge in [0, 0.05) is 13.1 Å². The molecule has 0 unspecified atom stereocenters. The van der Waals surface area contributed by atoms with Crippen molar-refractivity contribution >= 4 is 5.91 Å². The van der Waals surface area contributed by atoms with Crippen LogP contribution in [-0.2, 0) is 4.79 Å². The Morgan fingerprint density at radius 2 is 2.00 bits per heavy atom. The van der Waals surface area contributed by atoms with Gasteiger partial charge in [-0.1, -0.05) is 13.3 Å². The SMILES string of the molecule is CCCCNCC(=O)N1CCCCC1. The lowest BCUT2D eigenvalue weighted by molar-refractivity contribution is -0.131. The lowest BCUT2D eigenvalue weighted by Crippen LogP contribution is -2.41. The van der Waals surface area contributed by atoms with Crippen LogP contribution in [0.1, 0.15) is 39.0 Å². The number of likely N-dealkylation sites (tertiary alicyclic amines) is 1. The number of nitrogens with zero attached hydrogens (tertiary/aromatic N) is 1. The van der Waals surface area contributed by atoms with Crippen molar-refractivity contribution in [1.29, 1.82) is 0 Å². The number of unbranched alkanes of at least 4 members (excludes halogenated alkanes) is 1. The quantitative estimate of drug-likeness (QED) is 0.677. The molecule has 14 heavy (non-hydrogen) atoms. The fraction of sp³-hybridized carbons (Fsp3) is 0.909. The third kappa shape index (κ3) is 4.09. The van der Waals surface area contributed by atoms with Crippen molar-refractivity contribution in [2.24, 2.45) is 0 Å². The molecular formula is C11H22N2O. The molecule has 1 saturated heterocycles.